The van der Waals surface area contributed by atoms with Gasteiger partial charge in [-0.05, 0) is 68.6 Å². The van der Waals surface area contributed by atoms with Gasteiger partial charge in [0, 0.05) is 48.8 Å². The van der Waals surface area contributed by atoms with Crippen LogP contribution in [0.25, 0.3) is 0 Å². The van der Waals surface area contributed by atoms with Crippen molar-refractivity contribution in [3.63, 3.8) is 0 Å². The molecule has 8 heteroatoms. The number of carbonyl (C=O) groups excluding carboxylic acids is 2. The maximum absolute atomic E-state index is 13.6. The first-order valence-corrected chi connectivity index (χ1v) is 13.2. The lowest BCUT2D eigenvalue weighted by molar-refractivity contribution is -0.132. The van der Waals surface area contributed by atoms with Gasteiger partial charge in [-0.1, -0.05) is 25.6 Å². The van der Waals surface area contributed by atoms with Crippen LogP contribution in [0.15, 0.2) is 48.8 Å². The second-order valence-corrected chi connectivity index (χ2v) is 11.0. The van der Waals surface area contributed by atoms with Gasteiger partial charge in [-0.2, -0.15) is 0 Å². The molecule has 2 saturated heterocycles. The summed E-state index contributed by atoms with van der Waals surface area (Å²) < 4.78 is 18.5. The summed E-state index contributed by atoms with van der Waals surface area (Å²) in [7, 11) is 2.19. The fourth-order valence-corrected chi connectivity index (χ4v) is 7.63. The number of rotatable bonds is 3. The Labute approximate surface area is 223 Å². The molecule has 0 N–H and O–H groups in total. The summed E-state index contributed by atoms with van der Waals surface area (Å²) in [6.45, 7) is 2.99. The van der Waals surface area contributed by atoms with Gasteiger partial charge in [0.2, 0.25) is 0 Å². The zero-order valence-corrected chi connectivity index (χ0v) is 21.1. The Kier molecular flexibility index (Phi) is 5.98. The van der Waals surface area contributed by atoms with Gasteiger partial charge in [-0.15, -0.1) is 0 Å². The van der Waals surface area contributed by atoms with E-state index in [0.717, 1.165) is 43.4 Å². The molecular formula is C30H35N3O5. The first kappa shape index (κ1) is 24.9. The molecule has 0 saturated carbocycles. The van der Waals surface area contributed by atoms with Crippen LogP contribution in [0.1, 0.15) is 56.3 Å². The van der Waals surface area contributed by atoms with Crippen molar-refractivity contribution in [2.45, 2.75) is 69.7 Å². The van der Waals surface area contributed by atoms with Crippen LogP contribution in [0.2, 0.25) is 0 Å². The summed E-state index contributed by atoms with van der Waals surface area (Å²) in [5, 5.41) is 0. The van der Waals surface area contributed by atoms with Crippen molar-refractivity contribution < 1.29 is 23.8 Å². The van der Waals surface area contributed by atoms with Crippen LogP contribution in [0, 0.1) is 5.92 Å². The predicted molar refractivity (Wildman–Crippen MR) is 141 cm³/mol. The number of esters is 1. The third kappa shape index (κ3) is 3.49. The van der Waals surface area contributed by atoms with Gasteiger partial charge in [0.15, 0.2) is 17.6 Å². The SMILES string of the molecule is C.CC(=O)Oc1ccc2c3c1O[C@H]1[C@@H](OC(=O)N4CCC[C@H]4c4cccnc4)C=C[C@H]4[C@@H](C2)N(C)CC[C@@]341. The maximum Gasteiger partial charge on any atom is 0.411 e. The summed E-state index contributed by atoms with van der Waals surface area (Å²) in [6.07, 6.45) is 10.2. The summed E-state index contributed by atoms with van der Waals surface area (Å²) in [5.41, 5.74) is 3.09. The molecule has 1 spiro atoms. The minimum Gasteiger partial charge on any atom is -0.481 e. The van der Waals surface area contributed by atoms with Crippen molar-refractivity contribution in [3.8, 4) is 11.5 Å². The fraction of sp³-hybridized carbons (Fsp3) is 0.500. The van der Waals surface area contributed by atoms with E-state index in [1.54, 1.807) is 6.20 Å². The zero-order valence-electron chi connectivity index (χ0n) is 21.1. The minimum absolute atomic E-state index is 0. The van der Waals surface area contributed by atoms with E-state index in [1.165, 1.54) is 12.5 Å². The molecule has 3 aliphatic heterocycles. The first-order chi connectivity index (χ1) is 18.0. The van der Waals surface area contributed by atoms with E-state index in [9.17, 15) is 9.59 Å². The van der Waals surface area contributed by atoms with Gasteiger partial charge in [-0.3, -0.25) is 9.78 Å². The average molecular weight is 518 g/mol. The van der Waals surface area contributed by atoms with Crippen LogP contribution in [0.3, 0.4) is 0 Å². The van der Waals surface area contributed by atoms with Gasteiger partial charge in [0.05, 0.1) is 6.04 Å². The third-order valence-corrected chi connectivity index (χ3v) is 9.16. The number of piperidine rings is 1. The van der Waals surface area contributed by atoms with Gasteiger partial charge in [0.25, 0.3) is 0 Å². The van der Waals surface area contributed by atoms with Crippen LogP contribution < -0.4 is 9.47 Å². The molecule has 1 aromatic heterocycles. The summed E-state index contributed by atoms with van der Waals surface area (Å²) in [4.78, 5) is 34.0. The molecule has 200 valence electrons. The number of benzene rings is 1. The highest BCUT2D eigenvalue weighted by atomic mass is 16.6. The molecule has 6 atom stereocenters. The van der Waals surface area contributed by atoms with Crippen LogP contribution >= 0.6 is 0 Å². The van der Waals surface area contributed by atoms with Crippen LogP contribution in [0.4, 0.5) is 4.79 Å². The quantitative estimate of drug-likeness (QED) is 0.338. The number of likely N-dealkylation sites (N-methyl/N-ethyl adjacent to an activating group) is 1. The lowest BCUT2D eigenvalue weighted by Crippen LogP contribution is -2.65. The molecule has 5 aliphatic rings. The van der Waals surface area contributed by atoms with Crippen molar-refractivity contribution in [2.75, 3.05) is 20.1 Å². The van der Waals surface area contributed by atoms with Crippen LogP contribution in [-0.4, -0.2) is 65.2 Å². The number of likely N-dealkylation sites (tertiary alicyclic amines) is 2. The summed E-state index contributed by atoms with van der Waals surface area (Å²) in [6, 6.07) is 8.15. The molecule has 8 nitrogen and oxygen atoms in total. The molecule has 0 radical (unpaired) electrons. The zero-order chi connectivity index (χ0) is 25.3. The summed E-state index contributed by atoms with van der Waals surface area (Å²) in [5.74, 6) is 0.956. The molecule has 0 unspecified atom stereocenters. The molecule has 2 fully saturated rings. The largest absolute Gasteiger partial charge is 0.481 e. The lowest BCUT2D eigenvalue weighted by Gasteiger charge is -2.56. The second-order valence-electron chi connectivity index (χ2n) is 11.0. The molecule has 38 heavy (non-hydrogen) atoms. The smallest absolute Gasteiger partial charge is 0.411 e. The average Bonchev–Trinajstić information content (AvgIpc) is 3.52. The normalized spacial score (nSPS) is 32.2. The van der Waals surface area contributed by atoms with Gasteiger partial charge < -0.3 is 24.0 Å². The Morgan fingerprint density at radius 2 is 2.05 bits per heavy atom. The topological polar surface area (TPSA) is 81.2 Å². The van der Waals surface area contributed by atoms with Crippen molar-refractivity contribution in [1.29, 1.82) is 0 Å². The van der Waals surface area contributed by atoms with E-state index in [-0.39, 0.29) is 43.0 Å². The van der Waals surface area contributed by atoms with E-state index < -0.39 is 6.10 Å². The molecule has 1 aromatic carbocycles. The monoisotopic (exact) mass is 517 g/mol. The molecule has 2 bridgehead atoms. The molecule has 7 rings (SSSR count). The number of carbonyl (C=O) groups is 2. The third-order valence-electron chi connectivity index (χ3n) is 9.16. The number of ether oxygens (including phenoxy) is 3. The van der Waals surface area contributed by atoms with E-state index >= 15 is 0 Å². The Balaban J connectivity index is 0.00000264. The Morgan fingerprint density at radius 3 is 2.84 bits per heavy atom. The van der Waals surface area contributed by atoms with Crippen LogP contribution in [-0.2, 0) is 21.4 Å². The van der Waals surface area contributed by atoms with E-state index in [1.807, 2.05) is 35.4 Å². The number of hydrogen-bond donors (Lipinski definition) is 0. The second kappa shape index (κ2) is 9.12. The van der Waals surface area contributed by atoms with Crippen LogP contribution in [0.5, 0.6) is 11.5 Å². The van der Waals surface area contributed by atoms with Gasteiger partial charge in [0.1, 0.15) is 6.10 Å². The van der Waals surface area contributed by atoms with E-state index in [0.29, 0.717) is 24.1 Å². The van der Waals surface area contributed by atoms with E-state index in [4.69, 9.17) is 14.2 Å². The molecule has 1 amide bonds. The number of hydrogen-bond acceptors (Lipinski definition) is 7. The highest BCUT2D eigenvalue weighted by Gasteiger charge is 2.65. The number of amides is 1. The molecular weight excluding hydrogens is 482 g/mol. The lowest BCUT2D eigenvalue weighted by atomic mass is 9.53. The number of pyridine rings is 1. The first-order valence-electron chi connectivity index (χ1n) is 13.2. The predicted octanol–water partition coefficient (Wildman–Crippen LogP) is 4.43. The van der Waals surface area contributed by atoms with Crippen molar-refractivity contribution in [3.05, 3.63) is 65.5 Å². The molecule has 4 heterocycles. The summed E-state index contributed by atoms with van der Waals surface area (Å²) >= 11 is 0. The highest BCUT2D eigenvalue weighted by Crippen LogP contribution is 2.62. The maximum atomic E-state index is 13.6. The van der Waals surface area contributed by atoms with Gasteiger partial charge >= 0.3 is 12.1 Å². The molecule has 2 aromatic rings. The Hall–Kier alpha value is -3.39. The molecule has 2 aliphatic carbocycles. The fourth-order valence-electron chi connectivity index (χ4n) is 7.63. The van der Waals surface area contributed by atoms with Gasteiger partial charge in [-0.25, -0.2) is 4.79 Å². The van der Waals surface area contributed by atoms with Crippen molar-refractivity contribution >= 4 is 12.1 Å². The number of nitrogens with zero attached hydrogens (tertiary/aromatic N) is 3. The Bertz CT molecular complexity index is 1300. The standard InChI is InChI=1S/C29H31N3O5.CH4/c1-17(33)35-23-9-7-18-15-22-20-8-10-24(27-29(20,11-14-31(22)2)25(18)26(23)37-27)36-28(34)32-13-4-6-21(32)19-5-3-12-30-16-19;/h3,5,7-10,12,16,20-22,24,27H,4,6,11,13-15H2,1-2H3;1H4/t20-,21-,22+,24-,27-,29-;/m0./s1. The number of aromatic nitrogens is 1. The Morgan fingerprint density at radius 1 is 1.18 bits per heavy atom. The van der Waals surface area contributed by atoms with Crippen molar-refractivity contribution in [2.24, 2.45) is 5.92 Å². The highest BCUT2D eigenvalue weighted by molar-refractivity contribution is 5.73. The minimum atomic E-state index is -0.536. The van der Waals surface area contributed by atoms with E-state index in [2.05, 4.69) is 29.1 Å². The van der Waals surface area contributed by atoms with Crippen molar-refractivity contribution in [1.82, 2.24) is 14.8 Å².